The van der Waals surface area contributed by atoms with Gasteiger partial charge < -0.3 is 4.74 Å². The van der Waals surface area contributed by atoms with Crippen LogP contribution in [0, 0.1) is 6.92 Å². The van der Waals surface area contributed by atoms with E-state index in [4.69, 9.17) is 16.3 Å². The van der Waals surface area contributed by atoms with Gasteiger partial charge in [0, 0.05) is 5.02 Å². The molecule has 2 heteroatoms. The minimum Gasteiger partial charge on any atom is -0.497 e. The van der Waals surface area contributed by atoms with Crippen molar-refractivity contribution in [3.05, 3.63) is 88.4 Å². The average Bonchev–Trinajstić information content (AvgIpc) is 2.58. The topological polar surface area (TPSA) is 9.23 Å². The number of ether oxygens (including phenoxy) is 1. The van der Waals surface area contributed by atoms with Crippen LogP contribution in [0.2, 0.25) is 5.02 Å². The summed E-state index contributed by atoms with van der Waals surface area (Å²) in [6, 6.07) is 22.9. The highest BCUT2D eigenvalue weighted by Crippen LogP contribution is 2.27. The Bertz CT molecular complexity index is 789. The summed E-state index contributed by atoms with van der Waals surface area (Å²) in [6.07, 6.45) is 0.808. The second-order valence-electron chi connectivity index (χ2n) is 5.70. The number of hydrogen-bond acceptors (Lipinski definition) is 1. The van der Waals surface area contributed by atoms with Crippen LogP contribution in [0.25, 0.3) is 11.1 Å². The lowest BCUT2D eigenvalue weighted by atomic mass is 9.98. The van der Waals surface area contributed by atoms with E-state index in [9.17, 15) is 0 Å². The van der Waals surface area contributed by atoms with Gasteiger partial charge in [-0.2, -0.15) is 0 Å². The van der Waals surface area contributed by atoms with Gasteiger partial charge in [0.05, 0.1) is 7.11 Å². The predicted molar refractivity (Wildman–Crippen MR) is 97.4 cm³/mol. The molecule has 0 spiro atoms. The molecular formula is C21H19ClO. The summed E-state index contributed by atoms with van der Waals surface area (Å²) in [5.41, 5.74) is 6.02. The molecule has 0 atom stereocenters. The number of aryl methyl sites for hydroxylation is 1. The lowest BCUT2D eigenvalue weighted by Gasteiger charge is -2.09. The molecule has 23 heavy (non-hydrogen) atoms. The van der Waals surface area contributed by atoms with Gasteiger partial charge in [-0.05, 0) is 59.9 Å². The third kappa shape index (κ3) is 3.75. The highest BCUT2D eigenvalue weighted by atomic mass is 35.5. The molecule has 1 nitrogen and oxygen atoms in total. The third-order valence-electron chi connectivity index (χ3n) is 3.98. The van der Waals surface area contributed by atoms with Crippen LogP contribution < -0.4 is 4.74 Å². The second kappa shape index (κ2) is 6.89. The van der Waals surface area contributed by atoms with Crippen LogP contribution in [0.15, 0.2) is 66.7 Å². The van der Waals surface area contributed by atoms with Gasteiger partial charge in [-0.15, -0.1) is 0 Å². The van der Waals surface area contributed by atoms with Crippen molar-refractivity contribution in [1.29, 1.82) is 0 Å². The van der Waals surface area contributed by atoms with E-state index in [1.807, 2.05) is 18.2 Å². The zero-order valence-electron chi connectivity index (χ0n) is 13.3. The number of benzene rings is 3. The van der Waals surface area contributed by atoms with Gasteiger partial charge in [0.2, 0.25) is 0 Å². The minimum atomic E-state index is 0.802. The first kappa shape index (κ1) is 15.6. The van der Waals surface area contributed by atoms with Gasteiger partial charge in [-0.1, -0.05) is 59.6 Å². The van der Waals surface area contributed by atoms with Crippen LogP contribution >= 0.6 is 11.6 Å². The van der Waals surface area contributed by atoms with E-state index in [-0.39, 0.29) is 0 Å². The smallest absolute Gasteiger partial charge is 0.118 e. The van der Waals surface area contributed by atoms with Gasteiger partial charge in [0.15, 0.2) is 0 Å². The lowest BCUT2D eigenvalue weighted by Crippen LogP contribution is -1.91. The van der Waals surface area contributed by atoms with E-state index in [0.29, 0.717) is 0 Å². The number of halogens is 1. The molecule has 0 radical (unpaired) electrons. The van der Waals surface area contributed by atoms with Gasteiger partial charge in [0.1, 0.15) is 5.75 Å². The minimum absolute atomic E-state index is 0.802. The fraction of sp³-hybridized carbons (Fsp3) is 0.143. The van der Waals surface area contributed by atoms with Gasteiger partial charge >= 0.3 is 0 Å². The summed E-state index contributed by atoms with van der Waals surface area (Å²) in [6.45, 7) is 2.10. The zero-order chi connectivity index (χ0) is 16.2. The van der Waals surface area contributed by atoms with Crippen molar-refractivity contribution in [3.63, 3.8) is 0 Å². The maximum atomic E-state index is 6.39. The van der Waals surface area contributed by atoms with Crippen LogP contribution in [0.3, 0.4) is 0 Å². The van der Waals surface area contributed by atoms with Crippen molar-refractivity contribution in [2.75, 3.05) is 7.11 Å². The van der Waals surface area contributed by atoms with Gasteiger partial charge in [-0.25, -0.2) is 0 Å². The molecule has 0 bridgehead atoms. The summed E-state index contributed by atoms with van der Waals surface area (Å²) in [5.74, 6) is 0.869. The maximum Gasteiger partial charge on any atom is 0.118 e. The summed E-state index contributed by atoms with van der Waals surface area (Å²) in [5, 5.41) is 0.802. The van der Waals surface area contributed by atoms with Gasteiger partial charge in [0.25, 0.3) is 0 Å². The first-order valence-corrected chi connectivity index (χ1v) is 8.02. The molecule has 0 heterocycles. The Hall–Kier alpha value is -2.25. The number of hydrogen-bond donors (Lipinski definition) is 0. The van der Waals surface area contributed by atoms with E-state index in [0.717, 1.165) is 22.8 Å². The van der Waals surface area contributed by atoms with Crippen LogP contribution in [0.1, 0.15) is 16.7 Å². The molecule has 0 aliphatic rings. The second-order valence-corrected chi connectivity index (χ2v) is 6.10. The number of rotatable bonds is 4. The molecule has 0 saturated carbocycles. The molecule has 0 unspecified atom stereocenters. The first-order chi connectivity index (χ1) is 11.2. The SMILES string of the molecule is COc1ccc(Cc2cc(-c3ccc(C)cc3)ccc2Cl)cc1. The summed E-state index contributed by atoms with van der Waals surface area (Å²) in [7, 11) is 1.68. The number of methoxy groups -OCH3 is 1. The summed E-state index contributed by atoms with van der Waals surface area (Å²) >= 11 is 6.39. The maximum absolute atomic E-state index is 6.39. The highest BCUT2D eigenvalue weighted by Gasteiger charge is 2.06. The van der Waals surface area contributed by atoms with Gasteiger partial charge in [-0.3, -0.25) is 0 Å². The Morgan fingerprint density at radius 3 is 2.13 bits per heavy atom. The molecule has 0 aliphatic carbocycles. The van der Waals surface area contributed by atoms with Crippen molar-refractivity contribution in [1.82, 2.24) is 0 Å². The molecule has 0 amide bonds. The van der Waals surface area contributed by atoms with Crippen LogP contribution in [-0.4, -0.2) is 7.11 Å². The molecule has 0 saturated heterocycles. The molecule has 0 fully saturated rings. The normalized spacial score (nSPS) is 10.6. The highest BCUT2D eigenvalue weighted by molar-refractivity contribution is 6.31. The van der Waals surface area contributed by atoms with E-state index in [1.165, 1.54) is 22.3 Å². The zero-order valence-corrected chi connectivity index (χ0v) is 14.1. The van der Waals surface area contributed by atoms with Crippen molar-refractivity contribution in [2.45, 2.75) is 13.3 Å². The van der Waals surface area contributed by atoms with Crippen molar-refractivity contribution in [3.8, 4) is 16.9 Å². The third-order valence-corrected chi connectivity index (χ3v) is 4.35. The lowest BCUT2D eigenvalue weighted by molar-refractivity contribution is 0.414. The first-order valence-electron chi connectivity index (χ1n) is 7.64. The average molecular weight is 323 g/mol. The Kier molecular flexibility index (Phi) is 4.68. The quantitative estimate of drug-likeness (QED) is 0.579. The Balaban J connectivity index is 1.89. The molecule has 3 aromatic rings. The van der Waals surface area contributed by atoms with E-state index in [1.54, 1.807) is 7.11 Å². The van der Waals surface area contributed by atoms with Crippen molar-refractivity contribution in [2.24, 2.45) is 0 Å². The predicted octanol–water partition coefficient (Wildman–Crippen LogP) is 5.91. The molecular weight excluding hydrogens is 304 g/mol. The van der Waals surface area contributed by atoms with Crippen LogP contribution in [0.5, 0.6) is 5.75 Å². The van der Waals surface area contributed by atoms with E-state index < -0.39 is 0 Å². The standard InChI is InChI=1S/C21H19ClO/c1-15-3-7-17(8-4-15)18-9-12-21(22)19(14-18)13-16-5-10-20(23-2)11-6-16/h3-12,14H,13H2,1-2H3. The Morgan fingerprint density at radius 1 is 0.826 bits per heavy atom. The summed E-state index contributed by atoms with van der Waals surface area (Å²) in [4.78, 5) is 0. The fourth-order valence-corrected chi connectivity index (χ4v) is 2.78. The Labute approximate surface area is 142 Å². The molecule has 116 valence electrons. The molecule has 0 aromatic heterocycles. The molecule has 3 aromatic carbocycles. The van der Waals surface area contributed by atoms with E-state index >= 15 is 0 Å². The largest absolute Gasteiger partial charge is 0.497 e. The van der Waals surface area contributed by atoms with Crippen molar-refractivity contribution >= 4 is 11.6 Å². The molecule has 3 rings (SSSR count). The Morgan fingerprint density at radius 2 is 1.48 bits per heavy atom. The van der Waals surface area contributed by atoms with Crippen LogP contribution in [0.4, 0.5) is 0 Å². The fourth-order valence-electron chi connectivity index (χ4n) is 2.60. The van der Waals surface area contributed by atoms with E-state index in [2.05, 4.69) is 55.5 Å². The monoisotopic (exact) mass is 322 g/mol. The molecule has 0 aliphatic heterocycles. The van der Waals surface area contributed by atoms with Crippen molar-refractivity contribution < 1.29 is 4.74 Å². The van der Waals surface area contributed by atoms with Crippen LogP contribution in [-0.2, 0) is 6.42 Å². The molecule has 0 N–H and O–H groups in total. The summed E-state index contributed by atoms with van der Waals surface area (Å²) < 4.78 is 5.20.